The van der Waals surface area contributed by atoms with Gasteiger partial charge in [0.25, 0.3) is 11.5 Å². The summed E-state index contributed by atoms with van der Waals surface area (Å²) in [6.07, 6.45) is 7.15. The van der Waals surface area contributed by atoms with Crippen LogP contribution in [0, 0.1) is 0 Å². The number of halogens is 1. The molecule has 11 heteroatoms. The summed E-state index contributed by atoms with van der Waals surface area (Å²) in [6.45, 7) is 0. The number of rotatable bonds is 7. The van der Waals surface area contributed by atoms with Crippen molar-refractivity contribution in [2.24, 2.45) is 0 Å². The molecule has 0 radical (unpaired) electrons. The van der Waals surface area contributed by atoms with Crippen molar-refractivity contribution in [2.75, 3.05) is 24.8 Å². The van der Waals surface area contributed by atoms with Gasteiger partial charge in [0.2, 0.25) is 0 Å². The van der Waals surface area contributed by atoms with Crippen molar-refractivity contribution in [2.45, 2.75) is 62.9 Å². The Hall–Kier alpha value is -3.47. The predicted octanol–water partition coefficient (Wildman–Crippen LogP) is 3.04. The van der Waals surface area contributed by atoms with E-state index in [0.717, 1.165) is 25.7 Å². The van der Waals surface area contributed by atoms with Crippen LogP contribution in [0.5, 0.6) is 0 Å². The van der Waals surface area contributed by atoms with Gasteiger partial charge >= 0.3 is 0 Å². The van der Waals surface area contributed by atoms with Gasteiger partial charge in [-0.1, -0.05) is 0 Å². The zero-order valence-electron chi connectivity index (χ0n) is 19.8. The summed E-state index contributed by atoms with van der Waals surface area (Å²) in [5.74, 6) is 0.540. The van der Waals surface area contributed by atoms with E-state index in [1.807, 2.05) is 12.3 Å². The normalized spacial score (nSPS) is 24.1. The van der Waals surface area contributed by atoms with Gasteiger partial charge in [0, 0.05) is 32.5 Å². The fourth-order valence-electron chi connectivity index (χ4n) is 4.85. The molecule has 2 fully saturated rings. The van der Waals surface area contributed by atoms with E-state index in [-0.39, 0.29) is 23.3 Å². The summed E-state index contributed by atoms with van der Waals surface area (Å²) in [4.78, 5) is 30.7. The van der Waals surface area contributed by atoms with Gasteiger partial charge in [0.05, 0.1) is 18.3 Å². The zero-order chi connectivity index (χ0) is 24.5. The zero-order valence-corrected chi connectivity index (χ0v) is 19.8. The van der Waals surface area contributed by atoms with Crippen LogP contribution in [0.1, 0.15) is 54.9 Å². The van der Waals surface area contributed by atoms with Crippen molar-refractivity contribution in [1.82, 2.24) is 24.5 Å². The van der Waals surface area contributed by atoms with Gasteiger partial charge in [-0.3, -0.25) is 9.59 Å². The van der Waals surface area contributed by atoms with Gasteiger partial charge in [0.1, 0.15) is 29.1 Å². The highest BCUT2D eigenvalue weighted by molar-refractivity contribution is 6.00. The molecule has 35 heavy (non-hydrogen) atoms. The van der Waals surface area contributed by atoms with Gasteiger partial charge in [-0.15, -0.1) is 0 Å². The van der Waals surface area contributed by atoms with Gasteiger partial charge < -0.3 is 25.3 Å². The molecule has 3 N–H and O–H groups in total. The second kappa shape index (κ2) is 9.65. The number of methoxy groups -OCH3 is 1. The summed E-state index contributed by atoms with van der Waals surface area (Å²) in [5.41, 5.74) is 0.777. The third-order valence-corrected chi connectivity index (χ3v) is 7.04. The molecule has 3 aromatic rings. The molecule has 10 nitrogen and oxygen atoms in total. The standard InChI is InChI=1S/C24H30FN7O3/c1-26-21-12-20(30-22-16(13-27-32(21)22)23(33)29-18-9-8-17(18)25)28-19-7-4-10-31(24(19)34)14-5-3-6-15(11-14)35-2/h4,7,10,12-15,17-18,26H,3,5-6,8-9,11H2,1-2H3,(H,28,30)(H,29,33)/t14-,15-,17+,18+/m0/s1. The van der Waals surface area contributed by atoms with Crippen LogP contribution in [0.25, 0.3) is 5.65 Å². The largest absolute Gasteiger partial charge is 0.381 e. The Morgan fingerprint density at radius 3 is 2.83 bits per heavy atom. The number of amides is 1. The highest BCUT2D eigenvalue weighted by Crippen LogP contribution is 2.29. The first-order valence-corrected chi connectivity index (χ1v) is 12.0. The van der Waals surface area contributed by atoms with Crippen LogP contribution in [-0.2, 0) is 4.74 Å². The van der Waals surface area contributed by atoms with Crippen molar-refractivity contribution in [3.63, 3.8) is 0 Å². The van der Waals surface area contributed by atoms with E-state index in [9.17, 15) is 14.0 Å². The van der Waals surface area contributed by atoms with E-state index in [1.54, 1.807) is 30.9 Å². The van der Waals surface area contributed by atoms with Crippen LogP contribution in [0.4, 0.5) is 21.7 Å². The van der Waals surface area contributed by atoms with Crippen LogP contribution in [0.2, 0.25) is 0 Å². The Morgan fingerprint density at radius 2 is 2.11 bits per heavy atom. The molecule has 2 saturated carbocycles. The second-order valence-corrected chi connectivity index (χ2v) is 9.18. The molecule has 0 bridgehead atoms. The molecule has 4 atom stereocenters. The number of ether oxygens (including phenoxy) is 1. The molecule has 5 rings (SSSR count). The minimum Gasteiger partial charge on any atom is -0.381 e. The number of hydrogen-bond acceptors (Lipinski definition) is 7. The summed E-state index contributed by atoms with van der Waals surface area (Å²) in [6, 6.07) is 4.85. The lowest BCUT2D eigenvalue weighted by atomic mass is 9.90. The predicted molar refractivity (Wildman–Crippen MR) is 130 cm³/mol. The number of nitrogens with zero attached hydrogens (tertiary/aromatic N) is 4. The highest BCUT2D eigenvalue weighted by atomic mass is 19.1. The second-order valence-electron chi connectivity index (χ2n) is 9.18. The van der Waals surface area contributed by atoms with Crippen LogP contribution < -0.4 is 21.5 Å². The summed E-state index contributed by atoms with van der Waals surface area (Å²) < 4.78 is 22.5. The molecule has 2 aliphatic rings. The van der Waals surface area contributed by atoms with Gasteiger partial charge in [-0.05, 0) is 50.7 Å². The minimum atomic E-state index is -1.03. The molecule has 0 saturated heterocycles. The number of hydrogen-bond donors (Lipinski definition) is 3. The Labute approximate surface area is 201 Å². The number of carbonyl (C=O) groups excluding carboxylic acids is 1. The maximum atomic E-state index is 13.7. The lowest BCUT2D eigenvalue weighted by Crippen LogP contribution is -2.48. The van der Waals surface area contributed by atoms with Crippen molar-refractivity contribution in [3.8, 4) is 0 Å². The van der Waals surface area contributed by atoms with Crippen molar-refractivity contribution in [3.05, 3.63) is 46.5 Å². The number of pyridine rings is 1. The Bertz CT molecular complexity index is 1290. The number of carbonyl (C=O) groups is 1. The van der Waals surface area contributed by atoms with Gasteiger partial charge in [-0.25, -0.2) is 9.37 Å². The SMILES string of the molecule is CNc1cc(Nc2cccn([C@H]3CCC[C@H](OC)C3)c2=O)nc2c(C(=O)N[C@@H]3CC[C@H]3F)cnn12. The fourth-order valence-corrected chi connectivity index (χ4v) is 4.85. The number of anilines is 3. The Morgan fingerprint density at radius 1 is 1.26 bits per heavy atom. The minimum absolute atomic E-state index is 0.0715. The average molecular weight is 484 g/mol. The van der Waals surface area contributed by atoms with E-state index >= 15 is 0 Å². The number of alkyl halides is 1. The molecule has 0 aromatic carbocycles. The Balaban J connectivity index is 1.44. The third kappa shape index (κ3) is 4.47. The number of fused-ring (bicyclic) bond motifs is 1. The topological polar surface area (TPSA) is 115 Å². The summed E-state index contributed by atoms with van der Waals surface area (Å²) in [7, 11) is 3.44. The Kier molecular flexibility index (Phi) is 6.42. The molecule has 3 heterocycles. The fraction of sp³-hybridized carbons (Fsp3) is 0.500. The monoisotopic (exact) mass is 483 g/mol. The summed E-state index contributed by atoms with van der Waals surface area (Å²) >= 11 is 0. The lowest BCUT2D eigenvalue weighted by Gasteiger charge is -2.30. The van der Waals surface area contributed by atoms with Crippen molar-refractivity contribution >= 4 is 28.9 Å². The van der Waals surface area contributed by atoms with E-state index in [4.69, 9.17) is 4.74 Å². The smallest absolute Gasteiger partial charge is 0.274 e. The molecule has 1 amide bonds. The maximum Gasteiger partial charge on any atom is 0.274 e. The van der Waals surface area contributed by atoms with E-state index in [2.05, 4.69) is 26.0 Å². The van der Waals surface area contributed by atoms with Gasteiger partial charge in [0.15, 0.2) is 5.65 Å². The molecule has 186 valence electrons. The van der Waals surface area contributed by atoms with Crippen LogP contribution in [-0.4, -0.2) is 57.5 Å². The van der Waals surface area contributed by atoms with Crippen molar-refractivity contribution in [1.29, 1.82) is 0 Å². The van der Waals surface area contributed by atoms with Crippen LogP contribution in [0.15, 0.2) is 35.4 Å². The maximum absolute atomic E-state index is 13.7. The first-order valence-electron chi connectivity index (χ1n) is 12.0. The molecule has 0 spiro atoms. The molecular weight excluding hydrogens is 453 g/mol. The molecule has 0 unspecified atom stereocenters. The highest BCUT2D eigenvalue weighted by Gasteiger charge is 2.33. The average Bonchev–Trinajstić information content (AvgIpc) is 3.31. The lowest BCUT2D eigenvalue weighted by molar-refractivity contribution is 0.0525. The van der Waals surface area contributed by atoms with E-state index in [1.165, 1.54) is 10.7 Å². The number of nitrogens with one attached hydrogen (secondary N) is 3. The van der Waals surface area contributed by atoms with E-state index in [0.29, 0.717) is 35.8 Å². The molecule has 2 aliphatic carbocycles. The third-order valence-electron chi connectivity index (χ3n) is 7.04. The molecule has 3 aromatic heterocycles. The summed E-state index contributed by atoms with van der Waals surface area (Å²) in [5, 5.41) is 13.1. The molecular formula is C24H30FN7O3. The number of aromatic nitrogens is 4. The van der Waals surface area contributed by atoms with Gasteiger partial charge in [-0.2, -0.15) is 9.61 Å². The quantitative estimate of drug-likeness (QED) is 0.473. The first kappa shape index (κ1) is 23.3. The van der Waals surface area contributed by atoms with Crippen molar-refractivity contribution < 1.29 is 13.9 Å². The van der Waals surface area contributed by atoms with Crippen LogP contribution in [0.3, 0.4) is 0 Å². The van der Waals surface area contributed by atoms with Crippen LogP contribution >= 0.6 is 0 Å². The van der Waals surface area contributed by atoms with E-state index < -0.39 is 18.1 Å². The first-order chi connectivity index (χ1) is 17.0. The molecule has 0 aliphatic heterocycles.